The molecule has 2 unspecified atom stereocenters. The molecule has 0 heterocycles. The Hall–Kier alpha value is -1.12. The van der Waals surface area contributed by atoms with Gasteiger partial charge in [-0.15, -0.1) is 0 Å². The van der Waals surface area contributed by atoms with E-state index in [0.717, 1.165) is 0 Å². The van der Waals surface area contributed by atoms with Crippen molar-refractivity contribution in [3.63, 3.8) is 0 Å². The normalized spacial score (nSPS) is 16.2. The first-order valence-corrected chi connectivity index (χ1v) is 5.03. The lowest BCUT2D eigenvalue weighted by molar-refractivity contribution is -0.147. The third-order valence-corrected chi connectivity index (χ3v) is 2.58. The van der Waals surface area contributed by atoms with Crippen molar-refractivity contribution < 1.29 is 24.6 Å². The van der Waals surface area contributed by atoms with Gasteiger partial charge >= 0.3 is 11.9 Å². The number of carboxylic acid groups (broad SMARTS) is 2. The monoisotopic (exact) mass is 250 g/mol. The highest BCUT2D eigenvalue weighted by molar-refractivity contribution is 7.80. The van der Waals surface area contributed by atoms with Crippen LogP contribution in [0, 0.1) is 0 Å². The van der Waals surface area contributed by atoms with Crippen LogP contribution in [0.1, 0.15) is 12.8 Å². The highest BCUT2D eigenvalue weighted by Crippen LogP contribution is 2.10. The standard InChI is InChI=1S/C8H14N2O5S/c9-4(1-2-5(11)12)6(13)8(10,3-16)7(14)15/h4,16H,1-3,9-10H2,(H,11,12)(H,14,15). The molecule has 0 aromatic carbocycles. The Labute approximate surface area is 97.2 Å². The lowest BCUT2D eigenvalue weighted by atomic mass is 9.90. The van der Waals surface area contributed by atoms with E-state index in [-0.39, 0.29) is 12.8 Å². The summed E-state index contributed by atoms with van der Waals surface area (Å²) in [4.78, 5) is 32.6. The van der Waals surface area contributed by atoms with Gasteiger partial charge in [0.1, 0.15) is 0 Å². The summed E-state index contributed by atoms with van der Waals surface area (Å²) in [5, 5.41) is 17.1. The predicted octanol–water partition coefficient (Wildman–Crippen LogP) is -1.54. The van der Waals surface area contributed by atoms with Crippen molar-refractivity contribution in [2.24, 2.45) is 11.5 Å². The molecule has 7 nitrogen and oxygen atoms in total. The van der Waals surface area contributed by atoms with Crippen molar-refractivity contribution in [2.75, 3.05) is 5.75 Å². The Morgan fingerprint density at radius 3 is 2.12 bits per heavy atom. The third-order valence-electron chi connectivity index (χ3n) is 2.08. The van der Waals surface area contributed by atoms with E-state index < -0.39 is 35.1 Å². The second-order valence-electron chi connectivity index (χ2n) is 3.34. The van der Waals surface area contributed by atoms with Crippen LogP contribution in [0.3, 0.4) is 0 Å². The maximum Gasteiger partial charge on any atom is 0.332 e. The van der Waals surface area contributed by atoms with Crippen LogP contribution in [0.25, 0.3) is 0 Å². The fourth-order valence-electron chi connectivity index (χ4n) is 0.992. The van der Waals surface area contributed by atoms with E-state index >= 15 is 0 Å². The summed E-state index contributed by atoms with van der Waals surface area (Å²) in [6, 6.07) is -1.22. The van der Waals surface area contributed by atoms with Gasteiger partial charge in [0.2, 0.25) is 0 Å². The smallest absolute Gasteiger partial charge is 0.332 e. The summed E-state index contributed by atoms with van der Waals surface area (Å²) < 4.78 is 0. The SMILES string of the molecule is NC(CCC(=O)O)C(=O)C(N)(CS)C(=O)O. The number of aliphatic carboxylic acids is 2. The number of nitrogens with two attached hydrogens (primary N) is 2. The fraction of sp³-hybridized carbons (Fsp3) is 0.625. The third kappa shape index (κ3) is 3.47. The van der Waals surface area contributed by atoms with Gasteiger partial charge in [0.15, 0.2) is 11.3 Å². The molecular weight excluding hydrogens is 236 g/mol. The molecule has 0 aliphatic heterocycles. The number of carbonyl (C=O) groups is 3. The number of carboxylic acids is 2. The minimum absolute atomic E-state index is 0.159. The minimum atomic E-state index is -2.17. The van der Waals surface area contributed by atoms with Crippen LogP contribution in [0.5, 0.6) is 0 Å². The van der Waals surface area contributed by atoms with Crippen LogP contribution in [0.2, 0.25) is 0 Å². The average Bonchev–Trinajstić information content (AvgIpc) is 2.23. The van der Waals surface area contributed by atoms with Crippen molar-refractivity contribution in [3.8, 4) is 0 Å². The van der Waals surface area contributed by atoms with Crippen molar-refractivity contribution in [3.05, 3.63) is 0 Å². The van der Waals surface area contributed by atoms with Crippen LogP contribution in [0.15, 0.2) is 0 Å². The van der Waals surface area contributed by atoms with Gasteiger partial charge < -0.3 is 21.7 Å². The Balaban J connectivity index is 4.63. The van der Waals surface area contributed by atoms with Gasteiger partial charge in [-0.05, 0) is 6.42 Å². The molecule has 0 fully saturated rings. The Bertz CT molecular complexity index is 309. The van der Waals surface area contributed by atoms with Gasteiger partial charge in [0.25, 0.3) is 0 Å². The average molecular weight is 250 g/mol. The number of hydrogen-bond acceptors (Lipinski definition) is 6. The first-order valence-electron chi connectivity index (χ1n) is 4.40. The largest absolute Gasteiger partial charge is 0.481 e. The van der Waals surface area contributed by atoms with E-state index in [1.807, 2.05) is 0 Å². The molecular formula is C8H14N2O5S. The zero-order chi connectivity index (χ0) is 12.9. The summed E-state index contributed by atoms with van der Waals surface area (Å²) in [7, 11) is 0. The molecule has 6 N–H and O–H groups in total. The lowest BCUT2D eigenvalue weighted by Gasteiger charge is -2.24. The Morgan fingerprint density at radius 2 is 1.81 bits per heavy atom. The van der Waals surface area contributed by atoms with Gasteiger partial charge in [-0.1, -0.05) is 0 Å². The molecule has 16 heavy (non-hydrogen) atoms. The van der Waals surface area contributed by atoms with Gasteiger partial charge in [0.05, 0.1) is 6.04 Å². The van der Waals surface area contributed by atoms with Crippen molar-refractivity contribution >= 4 is 30.4 Å². The summed E-state index contributed by atoms with van der Waals surface area (Å²) >= 11 is 3.68. The molecule has 0 aromatic rings. The number of rotatable bonds is 7. The topological polar surface area (TPSA) is 144 Å². The Morgan fingerprint density at radius 1 is 1.31 bits per heavy atom. The maximum absolute atomic E-state index is 11.6. The van der Waals surface area contributed by atoms with Gasteiger partial charge in [-0.25, -0.2) is 4.79 Å². The van der Waals surface area contributed by atoms with Crippen LogP contribution in [-0.4, -0.2) is 45.3 Å². The van der Waals surface area contributed by atoms with Crippen LogP contribution < -0.4 is 11.5 Å². The number of thiol groups is 1. The predicted molar refractivity (Wildman–Crippen MR) is 58.3 cm³/mol. The zero-order valence-corrected chi connectivity index (χ0v) is 9.31. The second kappa shape index (κ2) is 5.83. The van der Waals surface area contributed by atoms with Gasteiger partial charge in [0, 0.05) is 12.2 Å². The molecule has 8 heteroatoms. The van der Waals surface area contributed by atoms with E-state index in [4.69, 9.17) is 21.7 Å². The molecule has 0 aliphatic carbocycles. The number of hydrogen-bond donors (Lipinski definition) is 5. The molecule has 92 valence electrons. The van der Waals surface area contributed by atoms with Crippen molar-refractivity contribution in [1.29, 1.82) is 0 Å². The molecule has 2 atom stereocenters. The zero-order valence-electron chi connectivity index (χ0n) is 8.42. The van der Waals surface area contributed by atoms with E-state index in [1.54, 1.807) is 0 Å². The van der Waals surface area contributed by atoms with Crippen LogP contribution in [-0.2, 0) is 14.4 Å². The number of Topliss-reactive ketones (excluding diaryl/α,β-unsaturated/α-hetero) is 1. The summed E-state index contributed by atoms with van der Waals surface area (Å²) in [5.41, 5.74) is 8.55. The molecule has 0 saturated heterocycles. The summed E-state index contributed by atoms with van der Waals surface area (Å²) in [6.07, 6.45) is -0.483. The molecule has 0 bridgehead atoms. The highest BCUT2D eigenvalue weighted by Gasteiger charge is 2.43. The summed E-state index contributed by atoms with van der Waals surface area (Å²) in [5.74, 6) is -3.97. The first kappa shape index (κ1) is 14.9. The lowest BCUT2D eigenvalue weighted by Crippen LogP contribution is -2.61. The molecule has 0 aliphatic rings. The fourth-order valence-corrected chi connectivity index (χ4v) is 1.28. The van der Waals surface area contributed by atoms with Crippen molar-refractivity contribution in [2.45, 2.75) is 24.4 Å². The van der Waals surface area contributed by atoms with Gasteiger partial charge in [-0.2, -0.15) is 12.6 Å². The number of ketones is 1. The van der Waals surface area contributed by atoms with E-state index in [1.165, 1.54) is 0 Å². The maximum atomic E-state index is 11.6. The number of carbonyl (C=O) groups excluding carboxylic acids is 1. The second-order valence-corrected chi connectivity index (χ2v) is 3.65. The molecule has 0 spiro atoms. The van der Waals surface area contributed by atoms with Crippen molar-refractivity contribution in [1.82, 2.24) is 0 Å². The van der Waals surface area contributed by atoms with E-state index in [0.29, 0.717) is 0 Å². The van der Waals surface area contributed by atoms with Crippen LogP contribution in [0.4, 0.5) is 0 Å². The highest BCUT2D eigenvalue weighted by atomic mass is 32.1. The molecule has 0 saturated carbocycles. The Kier molecular flexibility index (Phi) is 5.42. The van der Waals surface area contributed by atoms with Crippen LogP contribution >= 0.6 is 12.6 Å². The quantitative estimate of drug-likeness (QED) is 0.272. The van der Waals surface area contributed by atoms with Gasteiger partial charge in [-0.3, -0.25) is 9.59 Å². The van der Waals surface area contributed by atoms with E-state index in [2.05, 4.69) is 12.6 Å². The molecule has 0 amide bonds. The molecule has 0 rings (SSSR count). The molecule has 0 radical (unpaired) electrons. The minimum Gasteiger partial charge on any atom is -0.481 e. The molecule has 0 aromatic heterocycles. The summed E-state index contributed by atoms with van der Waals surface area (Å²) in [6.45, 7) is 0. The van der Waals surface area contributed by atoms with E-state index in [9.17, 15) is 14.4 Å². The first-order chi connectivity index (χ1) is 7.25.